The summed E-state index contributed by atoms with van der Waals surface area (Å²) in [5, 5.41) is 15.0. The molecule has 0 spiro atoms. The summed E-state index contributed by atoms with van der Waals surface area (Å²) in [4.78, 5) is 12.6. The number of carbonyl (C=O) groups is 1. The highest BCUT2D eigenvalue weighted by molar-refractivity contribution is 5.86. The third-order valence-electron chi connectivity index (χ3n) is 3.14. The molecule has 22 heavy (non-hydrogen) atoms. The first-order valence-corrected chi connectivity index (χ1v) is 6.38. The number of nitrogens with one attached hydrogen (secondary N) is 1. The number of hydrogen-bond donors (Lipinski definition) is 2. The molecule has 0 bridgehead atoms. The number of carboxylic acid groups (broad SMARTS) is 1. The van der Waals surface area contributed by atoms with E-state index in [-0.39, 0.29) is 24.3 Å². The summed E-state index contributed by atoms with van der Waals surface area (Å²) in [5.41, 5.74) is -0.194. The largest absolute Gasteiger partial charge is 0.477 e. The average Bonchev–Trinajstić information content (AvgIpc) is 2.86. The van der Waals surface area contributed by atoms with Crippen LogP contribution in [0.1, 0.15) is 27.2 Å². The Morgan fingerprint density at radius 2 is 1.91 bits per heavy atom. The number of benzene rings is 1. The minimum Gasteiger partial charge on any atom is -0.477 e. The molecule has 5 nitrogen and oxygen atoms in total. The predicted octanol–water partition coefficient (Wildman–Crippen LogP) is 2.76. The van der Waals surface area contributed by atoms with Gasteiger partial charge in [-0.1, -0.05) is 18.2 Å². The number of rotatable bonds is 5. The van der Waals surface area contributed by atoms with E-state index in [1.807, 2.05) is 0 Å². The summed E-state index contributed by atoms with van der Waals surface area (Å²) >= 11 is 0. The fourth-order valence-electron chi connectivity index (χ4n) is 2.19. The molecular weight excluding hydrogens is 299 g/mol. The zero-order valence-electron chi connectivity index (χ0n) is 11.7. The van der Waals surface area contributed by atoms with Crippen molar-refractivity contribution in [2.75, 3.05) is 7.05 Å². The first kappa shape index (κ1) is 16.0. The van der Waals surface area contributed by atoms with E-state index in [9.17, 15) is 18.0 Å². The van der Waals surface area contributed by atoms with Crippen molar-refractivity contribution in [1.29, 1.82) is 0 Å². The van der Waals surface area contributed by atoms with Crippen LogP contribution in [0.15, 0.2) is 30.5 Å². The standard InChI is InChI=1S/C14H14F3N3O2/c1-20(8-10-6-18-19-12(10)13(21)22)7-9-4-2-3-5-11(9)14(15,16)17/h2-6H,7-8H2,1H3,(H,18,19)(H,21,22). The van der Waals surface area contributed by atoms with Gasteiger partial charge in [-0.2, -0.15) is 18.3 Å². The zero-order chi connectivity index (χ0) is 16.3. The molecule has 0 aliphatic rings. The number of halogens is 3. The van der Waals surface area contributed by atoms with Gasteiger partial charge >= 0.3 is 12.1 Å². The van der Waals surface area contributed by atoms with Crippen LogP contribution in [0.4, 0.5) is 13.2 Å². The van der Waals surface area contributed by atoms with E-state index in [1.54, 1.807) is 18.0 Å². The first-order chi connectivity index (χ1) is 10.3. The highest BCUT2D eigenvalue weighted by atomic mass is 19.4. The summed E-state index contributed by atoms with van der Waals surface area (Å²) in [6.45, 7) is 0.213. The van der Waals surface area contributed by atoms with E-state index in [4.69, 9.17) is 5.11 Å². The van der Waals surface area contributed by atoms with Crippen LogP contribution in [0.5, 0.6) is 0 Å². The fraction of sp³-hybridized carbons (Fsp3) is 0.286. The van der Waals surface area contributed by atoms with Gasteiger partial charge in [-0.15, -0.1) is 0 Å². The number of aromatic nitrogens is 2. The molecule has 118 valence electrons. The molecule has 8 heteroatoms. The second-order valence-corrected chi connectivity index (χ2v) is 4.90. The molecular formula is C14H14F3N3O2. The van der Waals surface area contributed by atoms with Crippen molar-refractivity contribution in [3.05, 3.63) is 52.8 Å². The number of aromatic amines is 1. The van der Waals surface area contributed by atoms with E-state index in [1.165, 1.54) is 18.3 Å². The Kier molecular flexibility index (Phi) is 4.51. The topological polar surface area (TPSA) is 69.2 Å². The monoisotopic (exact) mass is 313 g/mol. The van der Waals surface area contributed by atoms with Crippen molar-refractivity contribution in [3.8, 4) is 0 Å². The van der Waals surface area contributed by atoms with E-state index in [2.05, 4.69) is 10.2 Å². The van der Waals surface area contributed by atoms with Gasteiger partial charge in [0.15, 0.2) is 0 Å². The van der Waals surface area contributed by atoms with Gasteiger partial charge in [0.25, 0.3) is 0 Å². The first-order valence-electron chi connectivity index (χ1n) is 6.38. The molecule has 0 saturated carbocycles. The van der Waals surface area contributed by atoms with Gasteiger partial charge in [0.2, 0.25) is 0 Å². The number of H-pyrrole nitrogens is 1. The molecule has 0 unspecified atom stereocenters. The molecule has 0 atom stereocenters. The number of aromatic carboxylic acids is 1. The Hall–Kier alpha value is -2.35. The summed E-state index contributed by atoms with van der Waals surface area (Å²) in [5.74, 6) is -1.16. The molecule has 0 aliphatic heterocycles. The van der Waals surface area contributed by atoms with Crippen LogP contribution in [-0.4, -0.2) is 33.2 Å². The highest BCUT2D eigenvalue weighted by Crippen LogP contribution is 2.32. The Morgan fingerprint density at radius 3 is 2.55 bits per heavy atom. The normalized spacial score (nSPS) is 11.9. The van der Waals surface area contributed by atoms with E-state index in [0.29, 0.717) is 5.56 Å². The van der Waals surface area contributed by atoms with Crippen LogP contribution in [-0.2, 0) is 19.3 Å². The van der Waals surface area contributed by atoms with Crippen LogP contribution in [0.2, 0.25) is 0 Å². The SMILES string of the molecule is CN(Cc1ccccc1C(F)(F)F)Cc1cn[nH]c1C(=O)O. The number of nitrogens with zero attached hydrogens (tertiary/aromatic N) is 2. The molecule has 1 aromatic carbocycles. The van der Waals surface area contributed by atoms with E-state index >= 15 is 0 Å². The molecule has 0 fully saturated rings. The van der Waals surface area contributed by atoms with Crippen LogP contribution < -0.4 is 0 Å². The molecule has 2 N–H and O–H groups in total. The molecule has 0 radical (unpaired) electrons. The average molecular weight is 313 g/mol. The van der Waals surface area contributed by atoms with Crippen molar-refractivity contribution in [1.82, 2.24) is 15.1 Å². The van der Waals surface area contributed by atoms with Gasteiger partial charge in [0.05, 0.1) is 11.8 Å². The van der Waals surface area contributed by atoms with Gasteiger partial charge in [-0.05, 0) is 18.7 Å². The quantitative estimate of drug-likeness (QED) is 0.890. The van der Waals surface area contributed by atoms with Crippen LogP contribution in [0.25, 0.3) is 0 Å². The number of hydrogen-bond acceptors (Lipinski definition) is 3. The number of carboxylic acids is 1. The van der Waals surface area contributed by atoms with Crippen molar-refractivity contribution >= 4 is 5.97 Å². The lowest BCUT2D eigenvalue weighted by Crippen LogP contribution is -2.21. The molecule has 1 heterocycles. The lowest BCUT2D eigenvalue weighted by molar-refractivity contribution is -0.138. The zero-order valence-corrected chi connectivity index (χ0v) is 11.7. The van der Waals surface area contributed by atoms with Crippen molar-refractivity contribution in [3.63, 3.8) is 0 Å². The lowest BCUT2D eigenvalue weighted by atomic mass is 10.1. The third-order valence-corrected chi connectivity index (χ3v) is 3.14. The van der Waals surface area contributed by atoms with Crippen LogP contribution in [0.3, 0.4) is 0 Å². The van der Waals surface area contributed by atoms with E-state index < -0.39 is 17.7 Å². The van der Waals surface area contributed by atoms with Crippen molar-refractivity contribution in [2.45, 2.75) is 19.3 Å². The van der Waals surface area contributed by atoms with Gasteiger partial charge in [0.1, 0.15) is 5.69 Å². The predicted molar refractivity (Wildman–Crippen MR) is 72.2 cm³/mol. The van der Waals surface area contributed by atoms with Gasteiger partial charge in [-0.3, -0.25) is 10.00 Å². The maximum atomic E-state index is 12.9. The van der Waals surface area contributed by atoms with Gasteiger partial charge in [0, 0.05) is 18.7 Å². The lowest BCUT2D eigenvalue weighted by Gasteiger charge is -2.19. The second-order valence-electron chi connectivity index (χ2n) is 4.90. The highest BCUT2D eigenvalue weighted by Gasteiger charge is 2.33. The van der Waals surface area contributed by atoms with Crippen LogP contribution in [0, 0.1) is 0 Å². The molecule has 0 aliphatic carbocycles. The molecule has 0 saturated heterocycles. The van der Waals surface area contributed by atoms with E-state index in [0.717, 1.165) is 6.07 Å². The maximum absolute atomic E-state index is 12.9. The Labute approximate surface area is 124 Å². The van der Waals surface area contributed by atoms with Gasteiger partial charge < -0.3 is 5.11 Å². The minimum atomic E-state index is -4.42. The maximum Gasteiger partial charge on any atom is 0.416 e. The second kappa shape index (κ2) is 6.18. The Morgan fingerprint density at radius 1 is 1.27 bits per heavy atom. The number of alkyl halides is 3. The molecule has 2 aromatic rings. The summed E-state index contributed by atoms with van der Waals surface area (Å²) in [6.07, 6.45) is -3.06. The summed E-state index contributed by atoms with van der Waals surface area (Å²) in [6, 6.07) is 5.32. The molecule has 1 aromatic heterocycles. The fourth-order valence-corrected chi connectivity index (χ4v) is 2.19. The van der Waals surface area contributed by atoms with Crippen molar-refractivity contribution in [2.24, 2.45) is 0 Å². The smallest absolute Gasteiger partial charge is 0.416 e. The van der Waals surface area contributed by atoms with Gasteiger partial charge in [-0.25, -0.2) is 4.79 Å². The Balaban J connectivity index is 2.15. The summed E-state index contributed by atoms with van der Waals surface area (Å²) < 4.78 is 38.8. The minimum absolute atomic E-state index is 0.0416. The molecule has 0 amide bonds. The summed E-state index contributed by atoms with van der Waals surface area (Å²) in [7, 11) is 1.62. The third kappa shape index (κ3) is 3.64. The van der Waals surface area contributed by atoms with Crippen molar-refractivity contribution < 1.29 is 23.1 Å². The Bertz CT molecular complexity index is 667. The molecule has 2 rings (SSSR count). The van der Waals surface area contributed by atoms with Crippen LogP contribution >= 0.6 is 0 Å².